The Labute approximate surface area is 169 Å². The van der Waals surface area contributed by atoms with Crippen molar-refractivity contribution in [3.05, 3.63) is 53.3 Å². The van der Waals surface area contributed by atoms with Crippen molar-refractivity contribution in [2.75, 3.05) is 0 Å². The zero-order chi connectivity index (χ0) is 21.4. The van der Waals surface area contributed by atoms with E-state index < -0.39 is 17.4 Å². The summed E-state index contributed by atoms with van der Waals surface area (Å²) < 4.78 is 7.33. The third-order valence-electron chi connectivity index (χ3n) is 5.66. The maximum Gasteiger partial charge on any atom is 0.306 e. The lowest BCUT2D eigenvalue weighted by Gasteiger charge is -2.26. The molecule has 0 spiro atoms. The summed E-state index contributed by atoms with van der Waals surface area (Å²) in [6.07, 6.45) is 2.01. The van der Waals surface area contributed by atoms with Crippen LogP contribution in [0.3, 0.4) is 0 Å². The minimum absolute atomic E-state index is 0.0129. The molecule has 29 heavy (non-hydrogen) atoms. The smallest absolute Gasteiger partial charge is 0.306 e. The number of aromatic nitrogens is 1. The second-order valence-corrected chi connectivity index (χ2v) is 8.38. The molecule has 1 amide bonds. The fraction of sp³-hybridized carbons (Fsp3) is 0.409. The average molecular weight is 398 g/mol. The number of benzene rings is 1. The Morgan fingerprint density at radius 3 is 2.38 bits per heavy atom. The summed E-state index contributed by atoms with van der Waals surface area (Å²) in [5.41, 5.74) is 8.04. The van der Waals surface area contributed by atoms with Gasteiger partial charge in [-0.2, -0.15) is 0 Å². The summed E-state index contributed by atoms with van der Waals surface area (Å²) in [5, 5.41) is 8.76. The number of primary amides is 1. The van der Waals surface area contributed by atoms with Crippen molar-refractivity contribution in [1.29, 1.82) is 0 Å². The van der Waals surface area contributed by atoms with E-state index in [0.717, 1.165) is 22.5 Å². The number of fused-ring (bicyclic) bond motifs is 1. The molecule has 3 N–H and O–H groups in total. The van der Waals surface area contributed by atoms with Crippen LogP contribution in [-0.2, 0) is 36.6 Å². The molecule has 7 nitrogen and oxygen atoms in total. The van der Waals surface area contributed by atoms with Gasteiger partial charge in [-0.05, 0) is 42.0 Å². The Morgan fingerprint density at radius 1 is 1.14 bits per heavy atom. The van der Waals surface area contributed by atoms with Crippen molar-refractivity contribution < 1.29 is 24.2 Å². The maximum atomic E-state index is 12.3. The Bertz CT molecular complexity index is 961. The van der Waals surface area contributed by atoms with Crippen LogP contribution in [0.4, 0.5) is 0 Å². The van der Waals surface area contributed by atoms with Crippen LogP contribution in [-0.4, -0.2) is 27.5 Å². The van der Waals surface area contributed by atoms with Crippen LogP contribution >= 0.6 is 0 Å². The molecule has 1 aliphatic rings. The molecular formula is C22H26N2O5. The highest BCUT2D eigenvalue weighted by atomic mass is 16.5. The number of amides is 1. The van der Waals surface area contributed by atoms with Crippen LogP contribution in [0.25, 0.3) is 5.69 Å². The number of aliphatic carboxylic acids is 1. The van der Waals surface area contributed by atoms with Gasteiger partial charge in [0, 0.05) is 11.9 Å². The van der Waals surface area contributed by atoms with Gasteiger partial charge >= 0.3 is 11.9 Å². The molecule has 0 aliphatic heterocycles. The molecule has 1 aromatic heterocycles. The highest BCUT2D eigenvalue weighted by Crippen LogP contribution is 2.52. The summed E-state index contributed by atoms with van der Waals surface area (Å²) in [6, 6.07) is 9.58. The van der Waals surface area contributed by atoms with Crippen LogP contribution in [0.1, 0.15) is 56.9 Å². The van der Waals surface area contributed by atoms with Crippen LogP contribution in [0.5, 0.6) is 0 Å². The Morgan fingerprint density at radius 2 is 1.79 bits per heavy atom. The van der Waals surface area contributed by atoms with E-state index in [1.165, 1.54) is 0 Å². The minimum atomic E-state index is -1.05. The molecule has 0 saturated heterocycles. The lowest BCUT2D eigenvalue weighted by Crippen LogP contribution is -2.37. The van der Waals surface area contributed by atoms with Gasteiger partial charge in [-0.25, -0.2) is 0 Å². The monoisotopic (exact) mass is 398 g/mol. The maximum absolute atomic E-state index is 12.3. The lowest BCUT2D eigenvalue weighted by atomic mass is 9.79. The summed E-state index contributed by atoms with van der Waals surface area (Å²) in [7, 11) is 0. The molecule has 154 valence electrons. The molecule has 0 radical (unpaired) electrons. The molecule has 0 fully saturated rings. The number of ether oxygens (including phenoxy) is 1. The Kier molecular flexibility index (Phi) is 5.26. The van der Waals surface area contributed by atoms with E-state index in [1.54, 1.807) is 0 Å². The summed E-state index contributed by atoms with van der Waals surface area (Å²) in [6.45, 7) is 5.93. The molecule has 3 rings (SSSR count). The number of esters is 1. The number of carboxylic acids is 1. The van der Waals surface area contributed by atoms with Gasteiger partial charge < -0.3 is 20.1 Å². The first-order valence-corrected chi connectivity index (χ1v) is 9.54. The predicted molar refractivity (Wildman–Crippen MR) is 107 cm³/mol. The van der Waals surface area contributed by atoms with Crippen LogP contribution in [0.2, 0.25) is 0 Å². The molecule has 1 aromatic carbocycles. The number of rotatable bonds is 7. The number of carbonyl (C=O) groups is 3. The van der Waals surface area contributed by atoms with Crippen molar-refractivity contribution in [3.8, 4) is 5.69 Å². The molecule has 1 unspecified atom stereocenters. The Balaban J connectivity index is 2.05. The van der Waals surface area contributed by atoms with E-state index in [4.69, 9.17) is 15.6 Å². The second kappa shape index (κ2) is 7.39. The number of para-hydroxylation sites is 1. The third kappa shape index (κ3) is 3.77. The zero-order valence-electron chi connectivity index (χ0n) is 16.9. The van der Waals surface area contributed by atoms with Gasteiger partial charge in [-0.1, -0.05) is 32.0 Å². The predicted octanol–water partition coefficient (Wildman–Crippen LogP) is 2.81. The largest absolute Gasteiger partial charge is 0.481 e. The SMILES string of the molecule is CC1(C)CC(C)(C(N)=O)c2cn(-c3ccccc3)c(COC(=O)CCC(=O)O)c21. The highest BCUT2D eigenvalue weighted by Gasteiger charge is 2.51. The molecule has 2 aromatic rings. The summed E-state index contributed by atoms with van der Waals surface area (Å²) in [5.74, 6) is -2.01. The molecule has 1 atom stereocenters. The number of hydrogen-bond donors (Lipinski definition) is 2. The van der Waals surface area contributed by atoms with Crippen molar-refractivity contribution in [1.82, 2.24) is 4.57 Å². The van der Waals surface area contributed by atoms with E-state index in [1.807, 2.05) is 61.9 Å². The lowest BCUT2D eigenvalue weighted by molar-refractivity contribution is -0.148. The standard InChI is InChI=1S/C22H26N2O5/c1-21(2)13-22(3,20(23)28)15-11-24(14-7-5-4-6-8-14)16(19(15)21)12-29-18(27)10-9-17(25)26/h4-8,11H,9-10,12-13H2,1-3H3,(H2,23,28)(H,25,26). The second-order valence-electron chi connectivity index (χ2n) is 8.38. The first kappa shape index (κ1) is 20.6. The van der Waals surface area contributed by atoms with Crippen molar-refractivity contribution >= 4 is 17.8 Å². The van der Waals surface area contributed by atoms with Crippen molar-refractivity contribution in [3.63, 3.8) is 0 Å². The molecular weight excluding hydrogens is 372 g/mol. The van der Waals surface area contributed by atoms with Gasteiger partial charge in [0.15, 0.2) is 0 Å². The molecule has 0 saturated carbocycles. The average Bonchev–Trinajstić information content (AvgIpc) is 3.14. The number of nitrogens with zero attached hydrogens (tertiary/aromatic N) is 1. The summed E-state index contributed by atoms with van der Waals surface area (Å²) >= 11 is 0. The van der Waals surface area contributed by atoms with E-state index in [-0.39, 0.29) is 30.8 Å². The number of carbonyl (C=O) groups excluding carboxylic acids is 2. The fourth-order valence-electron chi connectivity index (χ4n) is 4.40. The van der Waals surface area contributed by atoms with Gasteiger partial charge in [0.2, 0.25) is 5.91 Å². The molecule has 1 aliphatic carbocycles. The number of hydrogen-bond acceptors (Lipinski definition) is 4. The van der Waals surface area contributed by atoms with E-state index in [0.29, 0.717) is 6.42 Å². The van der Waals surface area contributed by atoms with Crippen molar-refractivity contribution in [2.24, 2.45) is 5.73 Å². The minimum Gasteiger partial charge on any atom is -0.481 e. The van der Waals surface area contributed by atoms with Gasteiger partial charge in [-0.15, -0.1) is 0 Å². The first-order chi connectivity index (χ1) is 13.6. The van der Waals surface area contributed by atoms with Crippen LogP contribution in [0, 0.1) is 0 Å². The molecule has 0 bridgehead atoms. The van der Waals surface area contributed by atoms with Gasteiger partial charge in [-0.3, -0.25) is 14.4 Å². The number of carboxylic acid groups (broad SMARTS) is 1. The quantitative estimate of drug-likeness (QED) is 0.697. The molecule has 7 heteroatoms. The molecule has 1 heterocycles. The van der Waals surface area contributed by atoms with Gasteiger partial charge in [0.1, 0.15) is 6.61 Å². The van der Waals surface area contributed by atoms with Gasteiger partial charge in [0.25, 0.3) is 0 Å². The van der Waals surface area contributed by atoms with E-state index in [2.05, 4.69) is 0 Å². The number of nitrogens with two attached hydrogens (primary N) is 1. The van der Waals surface area contributed by atoms with E-state index >= 15 is 0 Å². The van der Waals surface area contributed by atoms with E-state index in [9.17, 15) is 14.4 Å². The third-order valence-corrected chi connectivity index (χ3v) is 5.66. The van der Waals surface area contributed by atoms with Crippen LogP contribution in [0.15, 0.2) is 36.5 Å². The first-order valence-electron chi connectivity index (χ1n) is 9.54. The Hall–Kier alpha value is -3.09. The topological polar surface area (TPSA) is 112 Å². The van der Waals surface area contributed by atoms with Crippen LogP contribution < -0.4 is 5.73 Å². The zero-order valence-corrected chi connectivity index (χ0v) is 16.9. The van der Waals surface area contributed by atoms with Crippen molar-refractivity contribution in [2.45, 2.75) is 57.5 Å². The van der Waals surface area contributed by atoms with Gasteiger partial charge in [0.05, 0.1) is 24.0 Å². The highest BCUT2D eigenvalue weighted by molar-refractivity contribution is 5.88. The summed E-state index contributed by atoms with van der Waals surface area (Å²) in [4.78, 5) is 35.0. The fourth-order valence-corrected chi connectivity index (χ4v) is 4.40. The normalized spacial score (nSPS) is 19.6.